The zero-order valence-electron chi connectivity index (χ0n) is 13.6. The highest BCUT2D eigenvalue weighted by atomic mass is 127. The van der Waals surface area contributed by atoms with Gasteiger partial charge in [-0.1, -0.05) is 26.7 Å². The van der Waals surface area contributed by atoms with E-state index in [1.165, 1.54) is 32.1 Å². The lowest BCUT2D eigenvalue weighted by atomic mass is 9.78. The SMILES string of the molecule is CC(C)CC1(CN=C(N(C)C)N(C)C)CCCC1.I. The van der Waals surface area contributed by atoms with Crippen LogP contribution >= 0.6 is 24.0 Å². The Morgan fingerprint density at radius 2 is 1.53 bits per heavy atom. The van der Waals surface area contributed by atoms with Gasteiger partial charge in [0.1, 0.15) is 0 Å². The predicted molar refractivity (Wildman–Crippen MR) is 95.4 cm³/mol. The third-order valence-corrected chi connectivity index (χ3v) is 3.86. The minimum absolute atomic E-state index is 0. The van der Waals surface area contributed by atoms with Crippen molar-refractivity contribution < 1.29 is 0 Å². The summed E-state index contributed by atoms with van der Waals surface area (Å²) in [6, 6.07) is 0. The zero-order chi connectivity index (χ0) is 13.8. The molecule has 0 atom stereocenters. The largest absolute Gasteiger partial charge is 0.349 e. The standard InChI is InChI=1S/C15H31N3.HI/c1-13(2)11-15(9-7-8-10-15)12-16-14(17(3)4)18(5)6;/h13H,7-12H2,1-6H3;1H. The topological polar surface area (TPSA) is 18.8 Å². The van der Waals surface area contributed by atoms with Gasteiger partial charge in [-0.25, -0.2) is 0 Å². The van der Waals surface area contributed by atoms with Crippen molar-refractivity contribution in [3.63, 3.8) is 0 Å². The molecule has 0 bridgehead atoms. The average molecular weight is 381 g/mol. The summed E-state index contributed by atoms with van der Waals surface area (Å²) >= 11 is 0. The smallest absolute Gasteiger partial charge is 0.195 e. The predicted octanol–water partition coefficient (Wildman–Crippen LogP) is 3.69. The van der Waals surface area contributed by atoms with Crippen LogP contribution in [0.1, 0.15) is 46.0 Å². The van der Waals surface area contributed by atoms with Crippen LogP contribution in [0.5, 0.6) is 0 Å². The summed E-state index contributed by atoms with van der Waals surface area (Å²) in [6.07, 6.45) is 6.83. The fraction of sp³-hybridized carbons (Fsp3) is 0.933. The van der Waals surface area contributed by atoms with E-state index in [2.05, 4.69) is 51.8 Å². The van der Waals surface area contributed by atoms with Gasteiger partial charge in [-0.05, 0) is 30.6 Å². The van der Waals surface area contributed by atoms with Crippen LogP contribution in [0, 0.1) is 11.3 Å². The minimum atomic E-state index is 0. The van der Waals surface area contributed by atoms with Gasteiger partial charge in [0.2, 0.25) is 0 Å². The molecule has 0 spiro atoms. The molecule has 1 rings (SSSR count). The summed E-state index contributed by atoms with van der Waals surface area (Å²) < 4.78 is 0. The first-order valence-corrected chi connectivity index (χ1v) is 7.25. The molecule has 0 unspecified atom stereocenters. The van der Waals surface area contributed by atoms with Gasteiger partial charge in [0.15, 0.2) is 5.96 Å². The molecule has 1 fully saturated rings. The molecule has 0 N–H and O–H groups in total. The number of rotatable bonds is 4. The maximum atomic E-state index is 4.90. The minimum Gasteiger partial charge on any atom is -0.349 e. The molecule has 19 heavy (non-hydrogen) atoms. The number of guanidine groups is 1. The Balaban J connectivity index is 0.00000324. The van der Waals surface area contributed by atoms with Crippen molar-refractivity contribution in [2.45, 2.75) is 46.0 Å². The van der Waals surface area contributed by atoms with E-state index in [1.807, 2.05) is 0 Å². The Kier molecular flexibility index (Phi) is 8.32. The van der Waals surface area contributed by atoms with E-state index in [0.717, 1.165) is 18.4 Å². The molecule has 0 radical (unpaired) electrons. The van der Waals surface area contributed by atoms with Crippen LogP contribution in [-0.4, -0.2) is 50.5 Å². The Morgan fingerprint density at radius 1 is 1.05 bits per heavy atom. The van der Waals surface area contributed by atoms with Crippen molar-refractivity contribution in [2.24, 2.45) is 16.3 Å². The second-order valence-corrected chi connectivity index (χ2v) is 6.71. The summed E-state index contributed by atoms with van der Waals surface area (Å²) in [5.41, 5.74) is 0.478. The summed E-state index contributed by atoms with van der Waals surface area (Å²) in [5, 5.41) is 0. The second kappa shape index (κ2) is 8.32. The van der Waals surface area contributed by atoms with E-state index in [4.69, 9.17) is 4.99 Å². The first-order valence-electron chi connectivity index (χ1n) is 7.25. The number of nitrogens with zero attached hydrogens (tertiary/aromatic N) is 3. The van der Waals surface area contributed by atoms with E-state index in [-0.39, 0.29) is 24.0 Å². The maximum absolute atomic E-state index is 4.90. The van der Waals surface area contributed by atoms with Crippen LogP contribution < -0.4 is 0 Å². The lowest BCUT2D eigenvalue weighted by molar-refractivity contribution is 0.243. The van der Waals surface area contributed by atoms with Gasteiger partial charge < -0.3 is 9.80 Å². The van der Waals surface area contributed by atoms with Crippen LogP contribution in [0.15, 0.2) is 4.99 Å². The molecule has 0 aromatic carbocycles. The number of halogens is 1. The van der Waals surface area contributed by atoms with Crippen LogP contribution in [-0.2, 0) is 0 Å². The fourth-order valence-electron chi connectivity index (χ4n) is 3.34. The highest BCUT2D eigenvalue weighted by Crippen LogP contribution is 2.43. The molecule has 3 nitrogen and oxygen atoms in total. The van der Waals surface area contributed by atoms with Gasteiger partial charge in [-0.2, -0.15) is 0 Å². The second-order valence-electron chi connectivity index (χ2n) is 6.71. The van der Waals surface area contributed by atoms with Crippen molar-refractivity contribution in [3.8, 4) is 0 Å². The van der Waals surface area contributed by atoms with E-state index >= 15 is 0 Å². The molecule has 114 valence electrons. The summed E-state index contributed by atoms with van der Waals surface area (Å²) in [7, 11) is 8.29. The Hall–Kier alpha value is 0. The van der Waals surface area contributed by atoms with Crippen molar-refractivity contribution in [1.29, 1.82) is 0 Å². The first-order chi connectivity index (χ1) is 8.36. The molecule has 4 heteroatoms. The summed E-state index contributed by atoms with van der Waals surface area (Å²) in [5.74, 6) is 1.87. The van der Waals surface area contributed by atoms with Gasteiger partial charge in [0, 0.05) is 34.7 Å². The molecule has 0 heterocycles. The van der Waals surface area contributed by atoms with Gasteiger partial charge in [0.25, 0.3) is 0 Å². The van der Waals surface area contributed by atoms with Crippen molar-refractivity contribution in [3.05, 3.63) is 0 Å². The maximum Gasteiger partial charge on any atom is 0.195 e. The van der Waals surface area contributed by atoms with Gasteiger partial charge in [0.05, 0.1) is 0 Å². The Morgan fingerprint density at radius 3 is 1.89 bits per heavy atom. The lowest BCUT2D eigenvalue weighted by Crippen LogP contribution is -2.36. The zero-order valence-corrected chi connectivity index (χ0v) is 15.9. The molecule has 0 aromatic rings. The van der Waals surface area contributed by atoms with Gasteiger partial charge in [-0.15, -0.1) is 24.0 Å². The van der Waals surface area contributed by atoms with Crippen LogP contribution in [0.4, 0.5) is 0 Å². The van der Waals surface area contributed by atoms with Gasteiger partial charge in [-0.3, -0.25) is 4.99 Å². The molecular formula is C15H32IN3. The van der Waals surface area contributed by atoms with E-state index in [1.54, 1.807) is 0 Å². The van der Waals surface area contributed by atoms with Crippen molar-refractivity contribution in [2.75, 3.05) is 34.7 Å². The first kappa shape index (κ1) is 19.0. The van der Waals surface area contributed by atoms with Crippen LogP contribution in [0.2, 0.25) is 0 Å². The van der Waals surface area contributed by atoms with E-state index in [0.29, 0.717) is 5.41 Å². The monoisotopic (exact) mass is 381 g/mol. The molecule has 0 aliphatic heterocycles. The molecule has 0 aromatic heterocycles. The van der Waals surface area contributed by atoms with Crippen molar-refractivity contribution >= 4 is 29.9 Å². The highest BCUT2D eigenvalue weighted by molar-refractivity contribution is 14.0. The van der Waals surface area contributed by atoms with Crippen LogP contribution in [0.25, 0.3) is 0 Å². The third-order valence-electron chi connectivity index (χ3n) is 3.86. The van der Waals surface area contributed by atoms with Crippen LogP contribution in [0.3, 0.4) is 0 Å². The Bertz CT molecular complexity index is 269. The molecular weight excluding hydrogens is 349 g/mol. The molecule has 1 saturated carbocycles. The third kappa shape index (κ3) is 5.88. The molecule has 0 saturated heterocycles. The summed E-state index contributed by atoms with van der Waals surface area (Å²) in [4.78, 5) is 9.12. The van der Waals surface area contributed by atoms with Gasteiger partial charge >= 0.3 is 0 Å². The number of hydrogen-bond acceptors (Lipinski definition) is 1. The number of hydrogen-bond donors (Lipinski definition) is 0. The molecule has 1 aliphatic carbocycles. The summed E-state index contributed by atoms with van der Waals surface area (Å²) in [6.45, 7) is 5.67. The quantitative estimate of drug-likeness (QED) is 0.420. The molecule has 0 amide bonds. The lowest BCUT2D eigenvalue weighted by Gasteiger charge is -2.31. The van der Waals surface area contributed by atoms with Crippen molar-refractivity contribution in [1.82, 2.24) is 9.80 Å². The molecule has 1 aliphatic rings. The average Bonchev–Trinajstić information content (AvgIpc) is 2.64. The normalized spacial score (nSPS) is 17.0. The Labute approximate surface area is 136 Å². The van der Waals surface area contributed by atoms with E-state index in [9.17, 15) is 0 Å². The van der Waals surface area contributed by atoms with E-state index < -0.39 is 0 Å². The number of aliphatic imine (C=N–C) groups is 1. The fourth-order valence-corrected chi connectivity index (χ4v) is 3.34. The highest BCUT2D eigenvalue weighted by Gasteiger charge is 2.34.